The summed E-state index contributed by atoms with van der Waals surface area (Å²) in [6, 6.07) is 7.19. The number of methoxy groups -OCH3 is 1. The second-order valence-corrected chi connectivity index (χ2v) is 5.98. The van der Waals surface area contributed by atoms with Crippen LogP contribution in [0.5, 0.6) is 5.75 Å². The lowest BCUT2D eigenvalue weighted by molar-refractivity contribution is -0.140. The lowest BCUT2D eigenvalue weighted by atomic mass is 9.85. The molecule has 1 heterocycles. The smallest absolute Gasteiger partial charge is 0.353 e. The first-order valence-electron chi connectivity index (χ1n) is 7.37. The van der Waals surface area contributed by atoms with Crippen molar-refractivity contribution in [3.05, 3.63) is 41.1 Å². The van der Waals surface area contributed by atoms with Crippen LogP contribution in [0.3, 0.4) is 0 Å². The van der Waals surface area contributed by atoms with Gasteiger partial charge in [-0.15, -0.1) is 0 Å². The van der Waals surface area contributed by atoms with Gasteiger partial charge in [0.2, 0.25) is 5.91 Å². The van der Waals surface area contributed by atoms with Crippen molar-refractivity contribution in [1.29, 1.82) is 0 Å². The van der Waals surface area contributed by atoms with Crippen LogP contribution in [0.15, 0.2) is 35.5 Å². The molecule has 0 aliphatic carbocycles. The molecule has 2 rings (SSSR count). The number of amides is 1. The Labute approximate surface area is 139 Å². The minimum absolute atomic E-state index is 0.0566. The normalized spacial score (nSPS) is 16.5. The van der Waals surface area contributed by atoms with Crippen LogP contribution < -0.4 is 4.74 Å². The van der Waals surface area contributed by atoms with Gasteiger partial charge in [0.1, 0.15) is 11.4 Å². The number of rotatable bonds is 6. The summed E-state index contributed by atoms with van der Waals surface area (Å²) in [5.74, 6) is -2.73. The van der Waals surface area contributed by atoms with Crippen LogP contribution in [-0.2, 0) is 20.8 Å². The van der Waals surface area contributed by atoms with Crippen molar-refractivity contribution in [3.8, 4) is 5.75 Å². The minimum atomic E-state index is -1.42. The summed E-state index contributed by atoms with van der Waals surface area (Å²) in [5.41, 5.74) is -1.44. The largest absolute Gasteiger partial charge is 0.496 e. The van der Waals surface area contributed by atoms with E-state index in [-0.39, 0.29) is 12.1 Å². The van der Waals surface area contributed by atoms with Crippen LogP contribution in [0.2, 0.25) is 0 Å². The second kappa shape index (κ2) is 6.35. The fourth-order valence-corrected chi connectivity index (χ4v) is 2.92. The average molecular weight is 333 g/mol. The molecule has 0 atom stereocenters. The molecule has 24 heavy (non-hydrogen) atoms. The molecule has 128 valence electrons. The van der Waals surface area contributed by atoms with E-state index < -0.39 is 29.0 Å². The van der Waals surface area contributed by atoms with Crippen molar-refractivity contribution in [2.75, 3.05) is 13.7 Å². The molecular formula is C17H19NO6. The van der Waals surface area contributed by atoms with E-state index in [0.29, 0.717) is 12.2 Å². The van der Waals surface area contributed by atoms with Crippen molar-refractivity contribution in [3.63, 3.8) is 0 Å². The molecule has 0 aromatic heterocycles. The van der Waals surface area contributed by atoms with E-state index in [1.54, 1.807) is 12.1 Å². The van der Waals surface area contributed by atoms with Crippen molar-refractivity contribution in [2.45, 2.75) is 20.3 Å². The zero-order chi connectivity index (χ0) is 18.1. The van der Waals surface area contributed by atoms with Gasteiger partial charge in [0, 0.05) is 6.54 Å². The van der Waals surface area contributed by atoms with E-state index in [1.807, 2.05) is 12.1 Å². The van der Waals surface area contributed by atoms with E-state index in [2.05, 4.69) is 0 Å². The number of para-hydroxylation sites is 1. The number of aliphatic carboxylic acids is 2. The Morgan fingerprint density at radius 2 is 1.79 bits per heavy atom. The summed E-state index contributed by atoms with van der Waals surface area (Å²) >= 11 is 0. The van der Waals surface area contributed by atoms with Crippen LogP contribution in [0.25, 0.3) is 0 Å². The minimum Gasteiger partial charge on any atom is -0.496 e. The first-order chi connectivity index (χ1) is 11.2. The Kier molecular flexibility index (Phi) is 4.64. The zero-order valence-electron chi connectivity index (χ0n) is 13.7. The van der Waals surface area contributed by atoms with Crippen LogP contribution in [-0.4, -0.2) is 46.6 Å². The standard InChI is InChI=1S/C17H19NO6/c1-17(2)12(14(19)20)13(15(21)22)18(16(17)23)9-8-10-6-4-5-7-11(10)24-3/h4-7H,8-9H2,1-3H3,(H,19,20)(H,21,22). The fourth-order valence-electron chi connectivity index (χ4n) is 2.92. The summed E-state index contributed by atoms with van der Waals surface area (Å²) in [5, 5.41) is 18.8. The molecule has 0 bridgehead atoms. The van der Waals surface area contributed by atoms with Crippen molar-refractivity contribution in [2.24, 2.45) is 5.41 Å². The molecule has 0 unspecified atom stereocenters. The molecule has 0 fully saturated rings. The maximum Gasteiger partial charge on any atom is 0.353 e. The van der Waals surface area contributed by atoms with Gasteiger partial charge in [0.15, 0.2) is 0 Å². The third kappa shape index (κ3) is 2.84. The van der Waals surface area contributed by atoms with Gasteiger partial charge in [-0.25, -0.2) is 9.59 Å². The number of carboxylic acid groups (broad SMARTS) is 2. The third-order valence-electron chi connectivity index (χ3n) is 4.13. The maximum absolute atomic E-state index is 12.6. The molecule has 7 nitrogen and oxygen atoms in total. The van der Waals surface area contributed by atoms with Crippen molar-refractivity contribution in [1.82, 2.24) is 4.90 Å². The van der Waals surface area contributed by atoms with Gasteiger partial charge in [-0.1, -0.05) is 18.2 Å². The van der Waals surface area contributed by atoms with Gasteiger partial charge in [-0.2, -0.15) is 0 Å². The molecule has 1 amide bonds. The molecule has 1 aromatic rings. The molecule has 7 heteroatoms. The summed E-state index contributed by atoms with van der Waals surface area (Å²) < 4.78 is 5.24. The predicted molar refractivity (Wildman–Crippen MR) is 84.5 cm³/mol. The number of hydrogen-bond acceptors (Lipinski definition) is 4. The molecular weight excluding hydrogens is 314 g/mol. The SMILES string of the molecule is COc1ccccc1CCN1C(=O)C(C)(C)C(C(=O)O)=C1C(=O)O. The zero-order valence-corrected chi connectivity index (χ0v) is 13.7. The summed E-state index contributed by atoms with van der Waals surface area (Å²) in [6.07, 6.45) is 0.343. The summed E-state index contributed by atoms with van der Waals surface area (Å²) in [6.45, 7) is 2.90. The number of hydrogen-bond donors (Lipinski definition) is 2. The topological polar surface area (TPSA) is 104 Å². The average Bonchev–Trinajstić information content (AvgIpc) is 2.73. The number of nitrogens with zero attached hydrogens (tertiary/aromatic N) is 1. The Bertz CT molecular complexity index is 734. The Morgan fingerprint density at radius 1 is 1.17 bits per heavy atom. The van der Waals surface area contributed by atoms with Gasteiger partial charge >= 0.3 is 11.9 Å². The van der Waals surface area contributed by atoms with Crippen molar-refractivity contribution >= 4 is 17.8 Å². The molecule has 0 saturated carbocycles. The van der Waals surface area contributed by atoms with E-state index in [0.717, 1.165) is 10.5 Å². The Morgan fingerprint density at radius 3 is 2.33 bits per heavy atom. The van der Waals surface area contributed by atoms with Crippen LogP contribution in [0.4, 0.5) is 0 Å². The van der Waals surface area contributed by atoms with E-state index >= 15 is 0 Å². The maximum atomic E-state index is 12.6. The summed E-state index contributed by atoms with van der Waals surface area (Å²) in [7, 11) is 1.52. The van der Waals surface area contributed by atoms with E-state index in [1.165, 1.54) is 21.0 Å². The summed E-state index contributed by atoms with van der Waals surface area (Å²) in [4.78, 5) is 36.6. The highest BCUT2D eigenvalue weighted by molar-refractivity contribution is 6.11. The first-order valence-corrected chi connectivity index (χ1v) is 7.37. The van der Waals surface area contributed by atoms with E-state index in [4.69, 9.17) is 4.74 Å². The number of carbonyl (C=O) groups excluding carboxylic acids is 1. The quantitative estimate of drug-likeness (QED) is 0.818. The highest BCUT2D eigenvalue weighted by atomic mass is 16.5. The van der Waals surface area contributed by atoms with Crippen LogP contribution in [0, 0.1) is 5.41 Å². The molecule has 2 N–H and O–H groups in total. The van der Waals surface area contributed by atoms with Gasteiger partial charge in [0.25, 0.3) is 0 Å². The van der Waals surface area contributed by atoms with Gasteiger partial charge in [0.05, 0.1) is 18.1 Å². The second-order valence-electron chi connectivity index (χ2n) is 5.98. The molecule has 1 aliphatic heterocycles. The Balaban J connectivity index is 2.37. The lowest BCUT2D eigenvalue weighted by Crippen LogP contribution is -2.36. The molecule has 1 aliphatic rings. The van der Waals surface area contributed by atoms with Gasteiger partial charge in [-0.05, 0) is 31.9 Å². The van der Waals surface area contributed by atoms with Gasteiger partial charge < -0.3 is 19.8 Å². The highest BCUT2D eigenvalue weighted by Crippen LogP contribution is 2.40. The third-order valence-corrected chi connectivity index (χ3v) is 4.13. The Hall–Kier alpha value is -2.83. The number of ether oxygens (including phenoxy) is 1. The number of carbonyl (C=O) groups is 3. The van der Waals surface area contributed by atoms with E-state index in [9.17, 15) is 24.6 Å². The highest BCUT2D eigenvalue weighted by Gasteiger charge is 2.51. The van der Waals surface area contributed by atoms with Crippen molar-refractivity contribution < 1.29 is 29.3 Å². The number of carboxylic acids is 2. The van der Waals surface area contributed by atoms with Crippen LogP contribution >= 0.6 is 0 Å². The monoisotopic (exact) mass is 333 g/mol. The first kappa shape index (κ1) is 17.5. The van der Waals surface area contributed by atoms with Crippen LogP contribution in [0.1, 0.15) is 19.4 Å². The molecule has 0 saturated heterocycles. The molecule has 1 aromatic carbocycles. The number of benzene rings is 1. The predicted octanol–water partition coefficient (Wildman–Crippen LogP) is 1.53. The molecule has 0 spiro atoms. The fraction of sp³-hybridized carbons (Fsp3) is 0.353. The lowest BCUT2D eigenvalue weighted by Gasteiger charge is -2.22. The van der Waals surface area contributed by atoms with Gasteiger partial charge in [-0.3, -0.25) is 4.79 Å². The molecule has 0 radical (unpaired) electrons.